The third kappa shape index (κ3) is 6.84. The number of thiophene rings is 1. The first-order chi connectivity index (χ1) is 12.7. The highest BCUT2D eigenvalue weighted by Crippen LogP contribution is 2.18. The summed E-state index contributed by atoms with van der Waals surface area (Å²) in [6.45, 7) is 5.18. The van der Waals surface area contributed by atoms with Crippen LogP contribution in [0.4, 0.5) is 9.18 Å². The van der Waals surface area contributed by atoms with Crippen LogP contribution in [-0.4, -0.2) is 23.6 Å². The number of ether oxygens (including phenoxy) is 1. The normalized spacial score (nSPS) is 12.3. The van der Waals surface area contributed by atoms with Crippen LogP contribution in [0.1, 0.15) is 31.2 Å². The molecule has 0 radical (unpaired) electrons. The Balaban J connectivity index is 2.05. The van der Waals surface area contributed by atoms with Gasteiger partial charge in [-0.1, -0.05) is 29.8 Å². The molecule has 2 aromatic rings. The molecule has 0 saturated carbocycles. The van der Waals surface area contributed by atoms with Gasteiger partial charge in [-0.15, -0.1) is 11.3 Å². The molecule has 0 aliphatic rings. The fraction of sp³-hybridized carbons (Fsp3) is 0.368. The highest BCUT2D eigenvalue weighted by atomic mass is 35.5. The van der Waals surface area contributed by atoms with Gasteiger partial charge < -0.3 is 15.4 Å². The minimum Gasteiger partial charge on any atom is -0.444 e. The summed E-state index contributed by atoms with van der Waals surface area (Å²) >= 11 is 7.24. The van der Waals surface area contributed by atoms with Crippen molar-refractivity contribution in [2.45, 2.75) is 45.4 Å². The first kappa shape index (κ1) is 21.2. The molecule has 0 aliphatic heterocycles. The van der Waals surface area contributed by atoms with E-state index >= 15 is 0 Å². The van der Waals surface area contributed by atoms with Crippen LogP contribution in [0.3, 0.4) is 0 Å². The van der Waals surface area contributed by atoms with E-state index < -0.39 is 29.5 Å². The first-order valence-electron chi connectivity index (χ1n) is 8.38. The van der Waals surface area contributed by atoms with Gasteiger partial charge in [0, 0.05) is 23.4 Å². The minimum atomic E-state index is -0.847. The number of halogens is 2. The molecular formula is C19H22ClFN2O3S. The summed E-state index contributed by atoms with van der Waals surface area (Å²) in [5.74, 6) is -1.01. The average molecular weight is 413 g/mol. The molecule has 2 amide bonds. The lowest BCUT2D eigenvalue weighted by atomic mass is 10.1. The quantitative estimate of drug-likeness (QED) is 0.743. The second-order valence-electron chi connectivity index (χ2n) is 6.91. The summed E-state index contributed by atoms with van der Waals surface area (Å²) in [4.78, 5) is 25.6. The van der Waals surface area contributed by atoms with Crippen molar-refractivity contribution in [2.75, 3.05) is 0 Å². The van der Waals surface area contributed by atoms with Gasteiger partial charge in [0.05, 0.1) is 5.02 Å². The van der Waals surface area contributed by atoms with Crippen molar-refractivity contribution in [2.24, 2.45) is 0 Å². The predicted molar refractivity (Wildman–Crippen MR) is 104 cm³/mol. The molecule has 5 nitrogen and oxygen atoms in total. The van der Waals surface area contributed by atoms with Gasteiger partial charge >= 0.3 is 6.09 Å². The summed E-state index contributed by atoms with van der Waals surface area (Å²) < 4.78 is 19.2. The summed E-state index contributed by atoms with van der Waals surface area (Å²) in [6, 6.07) is 7.47. The lowest BCUT2D eigenvalue weighted by molar-refractivity contribution is -0.123. The fourth-order valence-corrected chi connectivity index (χ4v) is 3.23. The first-order valence-corrected chi connectivity index (χ1v) is 9.64. The van der Waals surface area contributed by atoms with Crippen molar-refractivity contribution in [1.29, 1.82) is 0 Å². The Kier molecular flexibility index (Phi) is 7.21. The largest absolute Gasteiger partial charge is 0.444 e. The lowest BCUT2D eigenvalue weighted by Gasteiger charge is -2.23. The molecule has 2 N–H and O–H groups in total. The molecule has 1 atom stereocenters. The summed E-state index contributed by atoms with van der Waals surface area (Å²) in [5.41, 5.74) is -0.416. The van der Waals surface area contributed by atoms with Crippen LogP contribution in [0.25, 0.3) is 0 Å². The standard InChI is InChI=1S/C19H22ClFN2O3S/c1-19(2,3)26-18(25)23-15(10-13-7-5-9-27-13)17(24)22-11-12-6-4-8-14(20)16(12)21/h4-9,15H,10-11H2,1-3H3,(H,22,24)(H,23,25). The zero-order chi connectivity index (χ0) is 20.0. The number of nitrogens with one attached hydrogen (secondary N) is 2. The van der Waals surface area contributed by atoms with E-state index in [2.05, 4.69) is 10.6 Å². The molecule has 0 bridgehead atoms. The monoisotopic (exact) mass is 412 g/mol. The van der Waals surface area contributed by atoms with Crippen LogP contribution in [0.5, 0.6) is 0 Å². The second kappa shape index (κ2) is 9.19. The molecule has 1 aromatic heterocycles. The van der Waals surface area contributed by atoms with Crippen molar-refractivity contribution >= 4 is 34.9 Å². The number of amides is 2. The smallest absolute Gasteiger partial charge is 0.408 e. The molecule has 0 fully saturated rings. The molecule has 1 unspecified atom stereocenters. The summed E-state index contributed by atoms with van der Waals surface area (Å²) in [6.07, 6.45) is -0.381. The summed E-state index contributed by atoms with van der Waals surface area (Å²) in [7, 11) is 0. The Labute approximate surface area is 166 Å². The molecule has 0 aliphatic carbocycles. The van der Waals surface area contributed by atoms with Crippen LogP contribution >= 0.6 is 22.9 Å². The molecular weight excluding hydrogens is 391 g/mol. The van der Waals surface area contributed by atoms with E-state index in [0.29, 0.717) is 6.42 Å². The van der Waals surface area contributed by atoms with Gasteiger partial charge in [0.2, 0.25) is 5.91 Å². The third-order valence-corrected chi connectivity index (χ3v) is 4.67. The number of benzene rings is 1. The Morgan fingerprint density at radius 2 is 2.00 bits per heavy atom. The molecule has 27 heavy (non-hydrogen) atoms. The van der Waals surface area contributed by atoms with Gasteiger partial charge in [-0.25, -0.2) is 9.18 Å². The zero-order valence-corrected chi connectivity index (χ0v) is 16.9. The Hall–Kier alpha value is -2.12. The maximum absolute atomic E-state index is 14.0. The number of hydrogen-bond acceptors (Lipinski definition) is 4. The SMILES string of the molecule is CC(C)(C)OC(=O)NC(Cc1cccs1)C(=O)NCc1cccc(Cl)c1F. The van der Waals surface area contributed by atoms with Crippen molar-refractivity contribution in [3.8, 4) is 0 Å². The Morgan fingerprint density at radius 1 is 1.26 bits per heavy atom. The topological polar surface area (TPSA) is 67.4 Å². The van der Waals surface area contributed by atoms with Crippen molar-refractivity contribution in [3.05, 3.63) is 57.0 Å². The van der Waals surface area contributed by atoms with Crippen LogP contribution in [0.15, 0.2) is 35.7 Å². The minimum absolute atomic E-state index is 0.0104. The Bertz CT molecular complexity index is 791. The van der Waals surface area contributed by atoms with Crippen LogP contribution in [0, 0.1) is 5.82 Å². The lowest BCUT2D eigenvalue weighted by Crippen LogP contribution is -2.49. The van der Waals surface area contributed by atoms with E-state index in [1.165, 1.54) is 23.5 Å². The number of carbonyl (C=O) groups is 2. The molecule has 146 valence electrons. The van der Waals surface area contributed by atoms with E-state index in [4.69, 9.17) is 16.3 Å². The maximum Gasteiger partial charge on any atom is 0.408 e. The maximum atomic E-state index is 14.0. The van der Waals surface area contributed by atoms with Crippen molar-refractivity contribution in [1.82, 2.24) is 10.6 Å². The van der Waals surface area contributed by atoms with E-state index in [-0.39, 0.29) is 17.1 Å². The van der Waals surface area contributed by atoms with Gasteiger partial charge in [0.15, 0.2) is 0 Å². The highest BCUT2D eigenvalue weighted by molar-refractivity contribution is 7.09. The third-order valence-electron chi connectivity index (χ3n) is 3.48. The number of carbonyl (C=O) groups excluding carboxylic acids is 2. The summed E-state index contributed by atoms with van der Waals surface area (Å²) in [5, 5.41) is 7.11. The van der Waals surface area contributed by atoms with Gasteiger partial charge in [-0.3, -0.25) is 4.79 Å². The van der Waals surface area contributed by atoms with Crippen molar-refractivity contribution < 1.29 is 18.7 Å². The highest BCUT2D eigenvalue weighted by Gasteiger charge is 2.25. The molecule has 0 saturated heterocycles. The van der Waals surface area contributed by atoms with E-state index in [1.54, 1.807) is 26.8 Å². The van der Waals surface area contributed by atoms with Gasteiger partial charge in [0.25, 0.3) is 0 Å². The average Bonchev–Trinajstić information content (AvgIpc) is 3.06. The number of hydrogen-bond donors (Lipinski definition) is 2. The molecule has 0 spiro atoms. The van der Waals surface area contributed by atoms with Gasteiger partial charge in [-0.2, -0.15) is 0 Å². The van der Waals surface area contributed by atoms with Crippen LogP contribution in [0.2, 0.25) is 5.02 Å². The fourth-order valence-electron chi connectivity index (χ4n) is 2.28. The van der Waals surface area contributed by atoms with E-state index in [1.807, 2.05) is 17.5 Å². The van der Waals surface area contributed by atoms with Gasteiger partial charge in [0.1, 0.15) is 17.5 Å². The molecule has 1 aromatic carbocycles. The number of alkyl carbamates (subject to hydrolysis) is 1. The van der Waals surface area contributed by atoms with Crippen molar-refractivity contribution in [3.63, 3.8) is 0 Å². The van der Waals surface area contributed by atoms with Crippen LogP contribution < -0.4 is 10.6 Å². The van der Waals surface area contributed by atoms with E-state index in [0.717, 1.165) is 4.88 Å². The molecule has 1 heterocycles. The molecule has 8 heteroatoms. The number of rotatable bonds is 6. The van der Waals surface area contributed by atoms with Gasteiger partial charge in [-0.05, 0) is 38.3 Å². The zero-order valence-electron chi connectivity index (χ0n) is 15.3. The van der Waals surface area contributed by atoms with Crippen LogP contribution in [-0.2, 0) is 22.5 Å². The Morgan fingerprint density at radius 3 is 2.63 bits per heavy atom. The van der Waals surface area contributed by atoms with E-state index in [9.17, 15) is 14.0 Å². The second-order valence-corrected chi connectivity index (χ2v) is 8.35. The molecule has 2 rings (SSSR count). The predicted octanol–water partition coefficient (Wildman–Crippen LogP) is 4.29.